The predicted molar refractivity (Wildman–Crippen MR) is 84.1 cm³/mol. The molecule has 0 aromatic heterocycles. The summed E-state index contributed by atoms with van der Waals surface area (Å²) in [6, 6.07) is 4.95. The van der Waals surface area contributed by atoms with Gasteiger partial charge in [-0.3, -0.25) is 9.59 Å². The number of nitrogens with zero attached hydrogens (tertiary/aromatic N) is 1. The van der Waals surface area contributed by atoms with Crippen molar-refractivity contribution in [3.05, 3.63) is 23.2 Å². The van der Waals surface area contributed by atoms with Crippen LogP contribution in [-0.2, 0) is 9.59 Å². The van der Waals surface area contributed by atoms with E-state index in [0.29, 0.717) is 35.5 Å². The number of carbonyl (C=O) groups is 2. The zero-order chi connectivity index (χ0) is 15.9. The van der Waals surface area contributed by atoms with E-state index in [0.717, 1.165) is 12.8 Å². The minimum absolute atomic E-state index is 0.280. The van der Waals surface area contributed by atoms with Gasteiger partial charge in [-0.1, -0.05) is 18.5 Å². The van der Waals surface area contributed by atoms with E-state index in [9.17, 15) is 9.59 Å². The van der Waals surface area contributed by atoms with Gasteiger partial charge >= 0.3 is 0 Å². The molecule has 0 spiro atoms. The van der Waals surface area contributed by atoms with Crippen LogP contribution >= 0.6 is 11.6 Å². The summed E-state index contributed by atoms with van der Waals surface area (Å²) in [6.07, 6.45) is 1.91. The van der Waals surface area contributed by atoms with Crippen molar-refractivity contribution >= 4 is 29.1 Å². The lowest BCUT2D eigenvalue weighted by atomic mass is 9.95. The number of likely N-dealkylation sites (tertiary alicyclic amines) is 1. The smallest absolute Gasteiger partial charge is 0.278 e. The normalized spacial score (nSPS) is 25.2. The molecule has 1 aromatic carbocycles. The number of piperidine rings is 1. The number of hydrogen-bond acceptors (Lipinski definition) is 3. The Labute approximate surface area is 134 Å². The van der Waals surface area contributed by atoms with Crippen LogP contribution < -0.4 is 10.1 Å². The number of nitrogens with one attached hydrogen (secondary N) is 1. The number of ether oxygens (including phenoxy) is 1. The van der Waals surface area contributed by atoms with Crippen molar-refractivity contribution < 1.29 is 14.3 Å². The van der Waals surface area contributed by atoms with E-state index < -0.39 is 11.5 Å². The van der Waals surface area contributed by atoms with Crippen LogP contribution in [0.2, 0.25) is 5.02 Å². The van der Waals surface area contributed by atoms with Crippen LogP contribution in [-0.4, -0.2) is 35.4 Å². The highest BCUT2D eigenvalue weighted by Gasteiger charge is 2.49. The van der Waals surface area contributed by atoms with Crippen LogP contribution in [0.15, 0.2) is 18.2 Å². The summed E-state index contributed by atoms with van der Waals surface area (Å²) in [7, 11) is 0. The van der Waals surface area contributed by atoms with Gasteiger partial charge in [0.05, 0.1) is 5.69 Å². The molecule has 1 fully saturated rings. The molecule has 1 N–H and O–H groups in total. The molecule has 0 radical (unpaired) electrons. The number of rotatable bonds is 1. The van der Waals surface area contributed by atoms with E-state index in [4.69, 9.17) is 16.3 Å². The van der Waals surface area contributed by atoms with Gasteiger partial charge in [0, 0.05) is 18.1 Å². The second-order valence-electron chi connectivity index (χ2n) is 6.20. The number of hydrogen-bond donors (Lipinski definition) is 1. The Bertz CT molecular complexity index is 626. The highest BCUT2D eigenvalue weighted by Crippen LogP contribution is 2.36. The molecule has 3 rings (SSSR count). The van der Waals surface area contributed by atoms with Crippen LogP contribution in [0.3, 0.4) is 0 Å². The van der Waals surface area contributed by atoms with Gasteiger partial charge in [0.15, 0.2) is 0 Å². The van der Waals surface area contributed by atoms with Crippen molar-refractivity contribution in [3.63, 3.8) is 0 Å². The third-order valence-corrected chi connectivity index (χ3v) is 4.65. The van der Waals surface area contributed by atoms with Crippen molar-refractivity contribution in [2.45, 2.75) is 32.3 Å². The van der Waals surface area contributed by atoms with Gasteiger partial charge in [0.25, 0.3) is 17.4 Å². The Morgan fingerprint density at radius 2 is 2.09 bits per heavy atom. The monoisotopic (exact) mass is 322 g/mol. The Balaban J connectivity index is 1.84. The number of halogens is 1. The Morgan fingerprint density at radius 1 is 1.41 bits per heavy atom. The van der Waals surface area contributed by atoms with Crippen LogP contribution in [0, 0.1) is 5.92 Å². The molecule has 0 saturated carbocycles. The fourth-order valence-electron chi connectivity index (χ4n) is 2.85. The van der Waals surface area contributed by atoms with Crippen molar-refractivity contribution in [3.8, 4) is 5.75 Å². The minimum atomic E-state index is -1.53. The Kier molecular flexibility index (Phi) is 3.77. The summed E-state index contributed by atoms with van der Waals surface area (Å²) in [4.78, 5) is 26.9. The summed E-state index contributed by atoms with van der Waals surface area (Å²) >= 11 is 5.91. The van der Waals surface area contributed by atoms with E-state index in [2.05, 4.69) is 12.2 Å². The lowest BCUT2D eigenvalue weighted by molar-refractivity contribution is -0.155. The second-order valence-corrected chi connectivity index (χ2v) is 6.64. The minimum Gasteiger partial charge on any atom is -0.466 e. The van der Waals surface area contributed by atoms with Crippen molar-refractivity contribution in [2.24, 2.45) is 5.92 Å². The summed E-state index contributed by atoms with van der Waals surface area (Å²) < 4.78 is 5.77. The Morgan fingerprint density at radius 3 is 2.77 bits per heavy atom. The van der Waals surface area contributed by atoms with E-state index in [1.807, 2.05) is 0 Å². The average molecular weight is 323 g/mol. The fraction of sp³-hybridized carbons (Fsp3) is 0.500. The van der Waals surface area contributed by atoms with E-state index >= 15 is 0 Å². The lowest BCUT2D eigenvalue weighted by Gasteiger charge is -2.39. The van der Waals surface area contributed by atoms with Gasteiger partial charge < -0.3 is 15.0 Å². The highest BCUT2D eigenvalue weighted by molar-refractivity contribution is 6.31. The third-order valence-electron chi connectivity index (χ3n) is 4.42. The number of amides is 2. The second kappa shape index (κ2) is 5.47. The molecule has 1 aromatic rings. The number of anilines is 1. The molecule has 22 heavy (non-hydrogen) atoms. The van der Waals surface area contributed by atoms with E-state index in [-0.39, 0.29) is 5.91 Å². The topological polar surface area (TPSA) is 58.6 Å². The van der Waals surface area contributed by atoms with Crippen molar-refractivity contribution in [2.75, 3.05) is 18.4 Å². The summed E-state index contributed by atoms with van der Waals surface area (Å²) in [5, 5.41) is 3.23. The lowest BCUT2D eigenvalue weighted by Crippen LogP contribution is -2.60. The molecule has 1 atom stereocenters. The van der Waals surface area contributed by atoms with Crippen molar-refractivity contribution in [1.29, 1.82) is 0 Å². The number of fused-ring (bicyclic) bond motifs is 1. The SMILES string of the molecule is CC1CCN(C(=O)C2(C)Oc3ccc(Cl)cc3NC2=O)CC1. The van der Waals surface area contributed by atoms with Gasteiger partial charge in [-0.25, -0.2) is 0 Å². The van der Waals surface area contributed by atoms with Gasteiger partial charge in [-0.05, 0) is 43.9 Å². The van der Waals surface area contributed by atoms with Crippen LogP contribution in [0.25, 0.3) is 0 Å². The molecule has 5 nitrogen and oxygen atoms in total. The first-order valence-corrected chi connectivity index (χ1v) is 7.87. The third kappa shape index (κ3) is 2.54. The summed E-state index contributed by atoms with van der Waals surface area (Å²) in [6.45, 7) is 5.03. The summed E-state index contributed by atoms with van der Waals surface area (Å²) in [5.41, 5.74) is -1.03. The molecule has 0 aliphatic carbocycles. The first-order valence-electron chi connectivity index (χ1n) is 7.49. The molecule has 1 unspecified atom stereocenters. The number of benzene rings is 1. The van der Waals surface area contributed by atoms with Crippen molar-refractivity contribution in [1.82, 2.24) is 4.90 Å². The largest absolute Gasteiger partial charge is 0.466 e. The van der Waals surface area contributed by atoms with E-state index in [1.165, 1.54) is 6.92 Å². The van der Waals surface area contributed by atoms with Gasteiger partial charge in [-0.15, -0.1) is 0 Å². The van der Waals surface area contributed by atoms with Crippen LogP contribution in [0.5, 0.6) is 5.75 Å². The maximum Gasteiger partial charge on any atom is 0.278 e. The van der Waals surface area contributed by atoms with Gasteiger partial charge in [-0.2, -0.15) is 0 Å². The highest BCUT2D eigenvalue weighted by atomic mass is 35.5. The first kappa shape index (κ1) is 15.2. The average Bonchev–Trinajstić information content (AvgIpc) is 2.49. The number of carbonyl (C=O) groups excluding carboxylic acids is 2. The predicted octanol–water partition coefficient (Wildman–Crippen LogP) is 2.69. The first-order chi connectivity index (χ1) is 10.4. The Hall–Kier alpha value is -1.75. The molecule has 2 heterocycles. The molecule has 2 amide bonds. The summed E-state index contributed by atoms with van der Waals surface area (Å²) in [5.74, 6) is 0.342. The molecule has 2 aliphatic heterocycles. The maximum absolute atomic E-state index is 12.8. The molecular weight excluding hydrogens is 304 g/mol. The standard InChI is InChI=1S/C16H19ClN2O3/c1-10-5-7-19(8-6-10)15(21)16(2)14(20)18-12-9-11(17)3-4-13(12)22-16/h3-4,9-10H,5-8H2,1-2H3,(H,18,20). The van der Waals surface area contributed by atoms with E-state index in [1.54, 1.807) is 23.1 Å². The molecular formula is C16H19ClN2O3. The molecule has 1 saturated heterocycles. The van der Waals surface area contributed by atoms with Gasteiger partial charge in [0.2, 0.25) is 0 Å². The molecule has 2 aliphatic rings. The van der Waals surface area contributed by atoms with Crippen LogP contribution in [0.4, 0.5) is 5.69 Å². The zero-order valence-corrected chi connectivity index (χ0v) is 13.4. The molecule has 6 heteroatoms. The van der Waals surface area contributed by atoms with Crippen LogP contribution in [0.1, 0.15) is 26.7 Å². The maximum atomic E-state index is 12.8. The quantitative estimate of drug-likeness (QED) is 0.809. The fourth-order valence-corrected chi connectivity index (χ4v) is 3.02. The molecule has 0 bridgehead atoms. The molecule has 118 valence electrons. The zero-order valence-electron chi connectivity index (χ0n) is 12.7. The van der Waals surface area contributed by atoms with Gasteiger partial charge in [0.1, 0.15) is 5.75 Å².